The van der Waals surface area contributed by atoms with Crippen LogP contribution in [0.2, 0.25) is 0 Å². The second-order valence-corrected chi connectivity index (χ2v) is 5.67. The largest absolute Gasteiger partial charge is 0.447 e. The van der Waals surface area contributed by atoms with Gasteiger partial charge < -0.3 is 10.1 Å². The molecule has 0 aliphatic carbocycles. The highest BCUT2D eigenvalue weighted by atomic mass is 79.9. The molecule has 0 aromatic heterocycles. The maximum Gasteiger partial charge on any atom is 0.341 e. The van der Waals surface area contributed by atoms with Crippen LogP contribution in [0.4, 0.5) is 17.1 Å². The van der Waals surface area contributed by atoms with Crippen molar-refractivity contribution in [3.63, 3.8) is 0 Å². The van der Waals surface area contributed by atoms with Crippen LogP contribution in [-0.4, -0.2) is 17.5 Å². The average molecular weight is 390 g/mol. The van der Waals surface area contributed by atoms with Crippen LogP contribution in [0, 0.1) is 28.4 Å². The molecule has 2 rings (SSSR count). The van der Waals surface area contributed by atoms with Crippen molar-refractivity contribution in [2.24, 2.45) is 0 Å². The predicted octanol–water partition coefficient (Wildman–Crippen LogP) is 4.09. The average Bonchev–Trinajstić information content (AvgIpc) is 2.55. The number of hydrogen-bond donors (Lipinski definition) is 1. The van der Waals surface area contributed by atoms with Gasteiger partial charge in [0.1, 0.15) is 6.07 Å². The number of nitro benzene ring substituents is 1. The van der Waals surface area contributed by atoms with E-state index < -0.39 is 10.9 Å². The number of nitrogens with one attached hydrogen (secondary N) is 1. The quantitative estimate of drug-likeness (QED) is 0.468. The standard InChI is InChI=1S/C16H12BrN3O4/c1-10-13(3-2-4-15(10)20(22)23)19-14-6-5-11(17)9-12(14)16(21)24-8-7-18/h2-6,9,19H,8H2,1H3. The second kappa shape index (κ2) is 7.57. The Hall–Kier alpha value is -2.92. The number of hydrogen-bond acceptors (Lipinski definition) is 6. The number of anilines is 2. The Balaban J connectivity index is 2.40. The number of halogens is 1. The van der Waals surface area contributed by atoms with Gasteiger partial charge in [0.2, 0.25) is 0 Å². The molecule has 0 aliphatic rings. The maximum atomic E-state index is 12.1. The van der Waals surface area contributed by atoms with Gasteiger partial charge in [-0.15, -0.1) is 0 Å². The van der Waals surface area contributed by atoms with Gasteiger partial charge in [0.25, 0.3) is 5.69 Å². The molecule has 0 radical (unpaired) electrons. The summed E-state index contributed by atoms with van der Waals surface area (Å²) < 4.78 is 5.49. The zero-order chi connectivity index (χ0) is 17.7. The summed E-state index contributed by atoms with van der Waals surface area (Å²) in [4.78, 5) is 22.6. The van der Waals surface area contributed by atoms with Crippen LogP contribution in [-0.2, 0) is 4.74 Å². The van der Waals surface area contributed by atoms with Crippen molar-refractivity contribution in [3.8, 4) is 6.07 Å². The van der Waals surface area contributed by atoms with E-state index in [4.69, 9.17) is 10.00 Å². The van der Waals surface area contributed by atoms with Crippen molar-refractivity contribution < 1.29 is 14.5 Å². The first-order valence-electron chi connectivity index (χ1n) is 6.78. The van der Waals surface area contributed by atoms with Crippen LogP contribution < -0.4 is 5.32 Å². The predicted molar refractivity (Wildman–Crippen MR) is 91.2 cm³/mol. The first kappa shape index (κ1) is 17.4. The molecule has 0 amide bonds. The third-order valence-corrected chi connectivity index (χ3v) is 3.73. The van der Waals surface area contributed by atoms with Crippen molar-refractivity contribution in [1.82, 2.24) is 0 Å². The topological polar surface area (TPSA) is 105 Å². The Morgan fingerprint density at radius 1 is 1.38 bits per heavy atom. The Morgan fingerprint density at radius 2 is 2.12 bits per heavy atom. The number of nitriles is 1. The molecule has 0 spiro atoms. The summed E-state index contributed by atoms with van der Waals surface area (Å²) in [5.74, 6) is -0.663. The van der Waals surface area contributed by atoms with E-state index >= 15 is 0 Å². The van der Waals surface area contributed by atoms with E-state index in [1.165, 1.54) is 6.07 Å². The lowest BCUT2D eigenvalue weighted by molar-refractivity contribution is -0.385. The zero-order valence-electron chi connectivity index (χ0n) is 12.6. The molecular formula is C16H12BrN3O4. The molecule has 1 N–H and O–H groups in total. The van der Waals surface area contributed by atoms with E-state index in [1.54, 1.807) is 43.3 Å². The highest BCUT2D eigenvalue weighted by Crippen LogP contribution is 2.30. The number of carbonyl (C=O) groups is 1. The number of esters is 1. The molecule has 0 bridgehead atoms. The molecule has 0 saturated heterocycles. The van der Waals surface area contributed by atoms with Gasteiger partial charge in [-0.05, 0) is 31.2 Å². The minimum Gasteiger partial charge on any atom is -0.447 e. The van der Waals surface area contributed by atoms with Gasteiger partial charge in [0, 0.05) is 16.2 Å². The zero-order valence-corrected chi connectivity index (χ0v) is 14.2. The normalized spacial score (nSPS) is 9.88. The van der Waals surface area contributed by atoms with Gasteiger partial charge in [-0.25, -0.2) is 4.79 Å². The van der Waals surface area contributed by atoms with Crippen molar-refractivity contribution in [2.45, 2.75) is 6.92 Å². The molecule has 2 aromatic rings. The summed E-state index contributed by atoms with van der Waals surface area (Å²) in [6.07, 6.45) is 0. The van der Waals surface area contributed by atoms with Crippen LogP contribution in [0.3, 0.4) is 0 Å². The summed E-state index contributed by atoms with van der Waals surface area (Å²) in [6, 6.07) is 11.3. The Morgan fingerprint density at radius 3 is 2.79 bits per heavy atom. The first-order valence-corrected chi connectivity index (χ1v) is 7.58. The maximum absolute atomic E-state index is 12.1. The van der Waals surface area contributed by atoms with Crippen molar-refractivity contribution >= 4 is 39.0 Å². The number of carbonyl (C=O) groups excluding carboxylic acids is 1. The van der Waals surface area contributed by atoms with Crippen LogP contribution in [0.15, 0.2) is 40.9 Å². The molecule has 0 unspecified atom stereocenters. The Kier molecular flexibility index (Phi) is 5.50. The van der Waals surface area contributed by atoms with E-state index in [0.717, 1.165) is 0 Å². The fourth-order valence-electron chi connectivity index (χ4n) is 2.07. The lowest BCUT2D eigenvalue weighted by Crippen LogP contribution is -2.09. The molecule has 0 aliphatic heterocycles. The first-order chi connectivity index (χ1) is 11.4. The highest BCUT2D eigenvalue weighted by molar-refractivity contribution is 9.10. The highest BCUT2D eigenvalue weighted by Gasteiger charge is 2.17. The molecule has 24 heavy (non-hydrogen) atoms. The summed E-state index contributed by atoms with van der Waals surface area (Å²) in [5, 5.41) is 22.6. The van der Waals surface area contributed by atoms with Crippen LogP contribution >= 0.6 is 15.9 Å². The fraction of sp³-hybridized carbons (Fsp3) is 0.125. The summed E-state index contributed by atoms with van der Waals surface area (Å²) in [6.45, 7) is 1.26. The van der Waals surface area contributed by atoms with E-state index in [2.05, 4.69) is 21.2 Å². The SMILES string of the molecule is Cc1c(Nc2ccc(Br)cc2C(=O)OCC#N)cccc1[N+](=O)[O-]. The lowest BCUT2D eigenvalue weighted by Gasteiger charge is -2.13. The summed E-state index contributed by atoms with van der Waals surface area (Å²) in [7, 11) is 0. The van der Waals surface area contributed by atoms with Gasteiger partial charge in [-0.1, -0.05) is 22.0 Å². The van der Waals surface area contributed by atoms with E-state index in [9.17, 15) is 14.9 Å². The molecule has 0 heterocycles. The molecular weight excluding hydrogens is 378 g/mol. The molecule has 0 atom stereocenters. The van der Waals surface area contributed by atoms with E-state index in [-0.39, 0.29) is 17.9 Å². The van der Waals surface area contributed by atoms with Gasteiger partial charge in [-0.3, -0.25) is 10.1 Å². The van der Waals surface area contributed by atoms with Crippen LogP contribution in [0.25, 0.3) is 0 Å². The van der Waals surface area contributed by atoms with Crippen LogP contribution in [0.5, 0.6) is 0 Å². The van der Waals surface area contributed by atoms with Crippen molar-refractivity contribution in [1.29, 1.82) is 5.26 Å². The molecule has 2 aromatic carbocycles. The summed E-state index contributed by atoms with van der Waals surface area (Å²) >= 11 is 3.27. The lowest BCUT2D eigenvalue weighted by atomic mass is 10.1. The van der Waals surface area contributed by atoms with E-state index in [1.807, 2.05) is 0 Å². The third kappa shape index (κ3) is 3.88. The van der Waals surface area contributed by atoms with Gasteiger partial charge >= 0.3 is 5.97 Å². The molecule has 7 nitrogen and oxygen atoms in total. The number of nitrogens with zero attached hydrogens (tertiary/aromatic N) is 2. The minimum atomic E-state index is -0.663. The number of benzene rings is 2. The molecule has 122 valence electrons. The fourth-order valence-corrected chi connectivity index (χ4v) is 2.43. The third-order valence-electron chi connectivity index (χ3n) is 3.24. The molecule has 0 fully saturated rings. The minimum absolute atomic E-state index is 0.0225. The Bertz CT molecular complexity index is 846. The summed E-state index contributed by atoms with van der Waals surface area (Å²) in [5.41, 5.74) is 1.56. The Labute approximate surface area is 146 Å². The number of ether oxygens (including phenoxy) is 1. The van der Waals surface area contributed by atoms with Gasteiger partial charge in [-0.2, -0.15) is 5.26 Å². The monoisotopic (exact) mass is 389 g/mol. The number of nitro groups is 1. The van der Waals surface area contributed by atoms with E-state index in [0.29, 0.717) is 21.4 Å². The van der Waals surface area contributed by atoms with Gasteiger partial charge in [0.05, 0.1) is 21.7 Å². The molecule has 0 saturated carbocycles. The second-order valence-electron chi connectivity index (χ2n) is 4.76. The number of rotatable bonds is 5. The van der Waals surface area contributed by atoms with Crippen LogP contribution in [0.1, 0.15) is 15.9 Å². The van der Waals surface area contributed by atoms with Crippen molar-refractivity contribution in [2.75, 3.05) is 11.9 Å². The van der Waals surface area contributed by atoms with Gasteiger partial charge in [0.15, 0.2) is 6.61 Å². The molecule has 8 heteroatoms. The smallest absolute Gasteiger partial charge is 0.341 e. The van der Waals surface area contributed by atoms with Crippen molar-refractivity contribution in [3.05, 3.63) is 62.1 Å².